The van der Waals surface area contributed by atoms with Crippen molar-refractivity contribution in [1.29, 1.82) is 0 Å². The molecule has 0 spiro atoms. The molecule has 0 heterocycles. The van der Waals surface area contributed by atoms with Gasteiger partial charge in [-0.3, -0.25) is 0 Å². The fourth-order valence-electron chi connectivity index (χ4n) is 1.35. The number of hydrogen-bond acceptors (Lipinski definition) is 3. The van der Waals surface area contributed by atoms with Gasteiger partial charge >= 0.3 is 5.97 Å². The van der Waals surface area contributed by atoms with Crippen molar-refractivity contribution >= 4 is 21.9 Å². The molecule has 1 rings (SSSR count). The Balaban J connectivity index is 2.82. The molecule has 0 aliphatic rings. The van der Waals surface area contributed by atoms with E-state index in [0.717, 1.165) is 6.42 Å². The van der Waals surface area contributed by atoms with Crippen LogP contribution < -0.4 is 9.47 Å². The highest BCUT2D eigenvalue weighted by Gasteiger charge is 2.19. The molecule has 0 saturated carbocycles. The van der Waals surface area contributed by atoms with Crippen molar-refractivity contribution in [3.63, 3.8) is 0 Å². The van der Waals surface area contributed by atoms with Gasteiger partial charge in [0.1, 0.15) is 11.5 Å². The zero-order valence-electron chi connectivity index (χ0n) is 9.77. The van der Waals surface area contributed by atoms with E-state index in [0.29, 0.717) is 22.4 Å². The lowest BCUT2D eigenvalue weighted by molar-refractivity contribution is -0.145. The molecule has 0 fully saturated rings. The second-order valence-electron chi connectivity index (χ2n) is 3.53. The topological polar surface area (TPSA) is 55.8 Å². The Kier molecular flexibility index (Phi) is 5.28. The van der Waals surface area contributed by atoms with Gasteiger partial charge in [0.05, 0.1) is 11.6 Å². The van der Waals surface area contributed by atoms with Crippen molar-refractivity contribution in [3.05, 3.63) is 22.7 Å². The summed E-state index contributed by atoms with van der Waals surface area (Å²) in [6.07, 6.45) is 0.420. The van der Waals surface area contributed by atoms with Crippen molar-refractivity contribution in [2.75, 3.05) is 7.11 Å². The number of benzene rings is 1. The summed E-state index contributed by atoms with van der Waals surface area (Å²) in [5.41, 5.74) is 0. The van der Waals surface area contributed by atoms with Crippen LogP contribution >= 0.6 is 15.9 Å². The first-order valence-corrected chi connectivity index (χ1v) is 6.10. The molecule has 1 aromatic carbocycles. The van der Waals surface area contributed by atoms with Crippen molar-refractivity contribution in [3.8, 4) is 11.5 Å². The number of ether oxygens (including phenoxy) is 2. The van der Waals surface area contributed by atoms with Crippen LogP contribution in [-0.4, -0.2) is 24.3 Å². The van der Waals surface area contributed by atoms with Gasteiger partial charge in [-0.25, -0.2) is 4.79 Å². The van der Waals surface area contributed by atoms with E-state index >= 15 is 0 Å². The van der Waals surface area contributed by atoms with Crippen molar-refractivity contribution in [2.45, 2.75) is 25.9 Å². The maximum absolute atomic E-state index is 11.0. The third-order valence-electron chi connectivity index (χ3n) is 2.23. The molecule has 1 atom stereocenters. The second kappa shape index (κ2) is 6.49. The molecule has 0 aliphatic heterocycles. The van der Waals surface area contributed by atoms with Crippen LogP contribution in [0.1, 0.15) is 19.8 Å². The summed E-state index contributed by atoms with van der Waals surface area (Å²) in [5, 5.41) is 8.99. The minimum Gasteiger partial charge on any atom is -0.497 e. The van der Waals surface area contributed by atoms with Gasteiger partial charge in [-0.15, -0.1) is 0 Å². The first kappa shape index (κ1) is 13.8. The fraction of sp³-hybridized carbons (Fsp3) is 0.417. The molecular weight excluding hydrogens is 288 g/mol. The van der Waals surface area contributed by atoms with Crippen LogP contribution in [0.3, 0.4) is 0 Å². The number of aliphatic carboxylic acids is 1. The number of hydrogen-bond donors (Lipinski definition) is 1. The van der Waals surface area contributed by atoms with Crippen LogP contribution in [-0.2, 0) is 4.79 Å². The van der Waals surface area contributed by atoms with E-state index in [-0.39, 0.29) is 0 Å². The Morgan fingerprint density at radius 2 is 2.24 bits per heavy atom. The van der Waals surface area contributed by atoms with E-state index in [1.807, 2.05) is 6.92 Å². The molecule has 1 unspecified atom stereocenters. The number of rotatable bonds is 6. The molecule has 17 heavy (non-hydrogen) atoms. The number of carbonyl (C=O) groups is 1. The maximum atomic E-state index is 11.0. The van der Waals surface area contributed by atoms with E-state index in [1.54, 1.807) is 25.3 Å². The third kappa shape index (κ3) is 3.93. The lowest BCUT2D eigenvalue weighted by Gasteiger charge is -2.15. The van der Waals surface area contributed by atoms with Gasteiger partial charge in [0.15, 0.2) is 6.10 Å². The van der Waals surface area contributed by atoms with Crippen molar-refractivity contribution in [1.82, 2.24) is 0 Å². The molecule has 1 N–H and O–H groups in total. The average molecular weight is 303 g/mol. The number of halogens is 1. The third-order valence-corrected chi connectivity index (χ3v) is 2.85. The molecule has 94 valence electrons. The molecule has 1 aromatic rings. The normalized spacial score (nSPS) is 11.9. The molecule has 0 radical (unpaired) electrons. The molecule has 4 nitrogen and oxygen atoms in total. The predicted molar refractivity (Wildman–Crippen MR) is 67.7 cm³/mol. The fourth-order valence-corrected chi connectivity index (χ4v) is 1.80. The van der Waals surface area contributed by atoms with Crippen molar-refractivity contribution in [2.24, 2.45) is 0 Å². The Morgan fingerprint density at radius 3 is 2.71 bits per heavy atom. The SMILES string of the molecule is CCCC(Oc1ccc(OC)cc1Br)C(=O)O. The van der Waals surface area contributed by atoms with E-state index in [9.17, 15) is 4.79 Å². The number of methoxy groups -OCH3 is 1. The van der Waals surface area contributed by atoms with Crippen LogP contribution in [0.2, 0.25) is 0 Å². The Labute approximate surface area is 109 Å². The zero-order valence-corrected chi connectivity index (χ0v) is 11.4. The molecule has 0 amide bonds. The van der Waals surface area contributed by atoms with E-state index in [1.165, 1.54) is 0 Å². The lowest BCUT2D eigenvalue weighted by Crippen LogP contribution is -2.26. The van der Waals surface area contributed by atoms with Gasteiger partial charge in [0.25, 0.3) is 0 Å². The summed E-state index contributed by atoms with van der Waals surface area (Å²) in [4.78, 5) is 11.0. The van der Waals surface area contributed by atoms with Crippen molar-refractivity contribution < 1.29 is 19.4 Å². The van der Waals surface area contributed by atoms with Crippen LogP contribution in [0.15, 0.2) is 22.7 Å². The Bertz CT molecular complexity index is 392. The highest BCUT2D eigenvalue weighted by molar-refractivity contribution is 9.10. The van der Waals surface area contributed by atoms with Gasteiger partial charge in [-0.05, 0) is 40.5 Å². The van der Waals surface area contributed by atoms with E-state index < -0.39 is 12.1 Å². The molecule has 0 aromatic heterocycles. The van der Waals surface area contributed by atoms with Crippen LogP contribution in [0.25, 0.3) is 0 Å². The summed E-state index contributed by atoms with van der Waals surface area (Å²) in [7, 11) is 1.57. The summed E-state index contributed by atoms with van der Waals surface area (Å²) >= 11 is 3.32. The predicted octanol–water partition coefficient (Wildman–Crippen LogP) is 3.09. The first-order chi connectivity index (χ1) is 8.08. The standard InChI is InChI=1S/C12H15BrO4/c1-3-4-11(12(14)15)17-10-6-5-8(16-2)7-9(10)13/h5-7,11H,3-4H2,1-2H3,(H,14,15). The van der Waals surface area contributed by atoms with Gasteiger partial charge < -0.3 is 14.6 Å². The molecule has 0 bridgehead atoms. The van der Waals surface area contributed by atoms with Gasteiger partial charge in [0.2, 0.25) is 0 Å². The lowest BCUT2D eigenvalue weighted by atomic mass is 10.2. The largest absolute Gasteiger partial charge is 0.497 e. The molecule has 0 saturated heterocycles. The van der Waals surface area contributed by atoms with Gasteiger partial charge in [0, 0.05) is 0 Å². The monoisotopic (exact) mass is 302 g/mol. The highest BCUT2D eigenvalue weighted by atomic mass is 79.9. The van der Waals surface area contributed by atoms with Crippen LogP contribution in [0.5, 0.6) is 11.5 Å². The quantitative estimate of drug-likeness (QED) is 0.877. The number of carboxylic acids is 1. The van der Waals surface area contributed by atoms with Gasteiger partial charge in [-0.1, -0.05) is 13.3 Å². The molecular formula is C12H15BrO4. The number of carboxylic acid groups (broad SMARTS) is 1. The van der Waals surface area contributed by atoms with Crippen LogP contribution in [0.4, 0.5) is 0 Å². The van der Waals surface area contributed by atoms with Gasteiger partial charge in [-0.2, -0.15) is 0 Å². The second-order valence-corrected chi connectivity index (χ2v) is 4.38. The summed E-state index contributed by atoms with van der Waals surface area (Å²) in [6, 6.07) is 5.15. The molecule has 0 aliphatic carbocycles. The Hall–Kier alpha value is -1.23. The highest BCUT2D eigenvalue weighted by Crippen LogP contribution is 2.30. The minimum atomic E-state index is -0.949. The summed E-state index contributed by atoms with van der Waals surface area (Å²) in [6.45, 7) is 1.92. The summed E-state index contributed by atoms with van der Waals surface area (Å²) < 4.78 is 11.2. The average Bonchev–Trinajstić information content (AvgIpc) is 2.30. The maximum Gasteiger partial charge on any atom is 0.344 e. The van der Waals surface area contributed by atoms with E-state index in [2.05, 4.69) is 15.9 Å². The first-order valence-electron chi connectivity index (χ1n) is 5.31. The summed E-state index contributed by atoms with van der Waals surface area (Å²) in [5.74, 6) is 0.243. The molecule has 5 heteroatoms. The minimum absolute atomic E-state index is 0.480. The zero-order chi connectivity index (χ0) is 12.8. The van der Waals surface area contributed by atoms with Crippen LogP contribution in [0, 0.1) is 0 Å². The smallest absolute Gasteiger partial charge is 0.344 e. The van der Waals surface area contributed by atoms with E-state index in [4.69, 9.17) is 14.6 Å². The Morgan fingerprint density at radius 1 is 1.53 bits per heavy atom.